The molecule has 0 atom stereocenters. The van der Waals surface area contributed by atoms with Crippen LogP contribution < -0.4 is 5.32 Å². The lowest BCUT2D eigenvalue weighted by Crippen LogP contribution is -2.24. The second-order valence-electron chi connectivity index (χ2n) is 5.87. The molecule has 6 nitrogen and oxygen atoms in total. The fourth-order valence-electron chi connectivity index (χ4n) is 2.51. The molecule has 0 aliphatic rings. The van der Waals surface area contributed by atoms with Gasteiger partial charge in [0.1, 0.15) is 5.69 Å². The quantitative estimate of drug-likeness (QED) is 0.722. The van der Waals surface area contributed by atoms with Crippen LogP contribution in [-0.4, -0.2) is 28.0 Å². The maximum atomic E-state index is 12.6. The molecule has 134 valence electrons. The van der Waals surface area contributed by atoms with Crippen LogP contribution in [0.2, 0.25) is 5.02 Å². The number of rotatable bonds is 6. The summed E-state index contributed by atoms with van der Waals surface area (Å²) < 4.78 is 6.87. The van der Waals surface area contributed by atoms with Gasteiger partial charge in [0.2, 0.25) is 0 Å². The monoisotopic (exact) mass is 370 g/mol. The summed E-state index contributed by atoms with van der Waals surface area (Å²) in [6.07, 6.45) is 0. The average molecular weight is 371 g/mol. The van der Waals surface area contributed by atoms with Gasteiger partial charge in [-0.15, -0.1) is 5.10 Å². The summed E-state index contributed by atoms with van der Waals surface area (Å²) in [5, 5.41) is 11.7. The minimum absolute atomic E-state index is 0.227. The van der Waals surface area contributed by atoms with Crippen LogP contribution in [0.1, 0.15) is 27.3 Å². The number of nitrogens with one attached hydrogen (secondary N) is 1. The predicted molar refractivity (Wildman–Crippen MR) is 99.4 cm³/mol. The number of amides is 1. The maximum Gasteiger partial charge on any atom is 0.274 e. The molecule has 1 amide bonds. The van der Waals surface area contributed by atoms with Gasteiger partial charge in [-0.3, -0.25) is 4.79 Å². The van der Waals surface area contributed by atoms with Crippen LogP contribution >= 0.6 is 11.6 Å². The zero-order valence-corrected chi connectivity index (χ0v) is 15.3. The first-order valence-corrected chi connectivity index (χ1v) is 8.49. The molecule has 0 radical (unpaired) electrons. The van der Waals surface area contributed by atoms with Crippen LogP contribution in [0.15, 0.2) is 48.5 Å². The van der Waals surface area contributed by atoms with E-state index in [0.29, 0.717) is 17.3 Å². The van der Waals surface area contributed by atoms with Gasteiger partial charge < -0.3 is 10.1 Å². The van der Waals surface area contributed by atoms with Crippen molar-refractivity contribution < 1.29 is 9.53 Å². The number of hydrogen-bond acceptors (Lipinski definition) is 4. The number of hydrogen-bond donors (Lipinski definition) is 1. The summed E-state index contributed by atoms with van der Waals surface area (Å²) in [5.41, 5.74) is 3.77. The Morgan fingerprint density at radius 3 is 2.50 bits per heavy atom. The number of carbonyl (C=O) groups is 1. The second-order valence-corrected chi connectivity index (χ2v) is 6.31. The normalized spacial score (nSPS) is 10.7. The van der Waals surface area contributed by atoms with Gasteiger partial charge in [0.05, 0.1) is 12.3 Å². The summed E-state index contributed by atoms with van der Waals surface area (Å²) in [4.78, 5) is 12.6. The minimum Gasteiger partial charge on any atom is -0.378 e. The Kier molecular flexibility index (Phi) is 5.65. The molecule has 1 N–H and O–H groups in total. The predicted octanol–water partition coefficient (Wildman–Crippen LogP) is 3.31. The fourth-order valence-corrected chi connectivity index (χ4v) is 2.63. The van der Waals surface area contributed by atoms with Crippen molar-refractivity contribution in [3.05, 3.63) is 76.1 Å². The van der Waals surface area contributed by atoms with Gasteiger partial charge in [-0.2, -0.15) is 0 Å². The van der Waals surface area contributed by atoms with Crippen molar-refractivity contribution in [1.82, 2.24) is 20.3 Å². The maximum absolute atomic E-state index is 12.6. The van der Waals surface area contributed by atoms with Crippen molar-refractivity contribution in [2.75, 3.05) is 7.11 Å². The number of nitrogens with zero attached hydrogens (tertiary/aromatic N) is 3. The van der Waals surface area contributed by atoms with Crippen LogP contribution in [-0.2, 0) is 17.9 Å². The third kappa shape index (κ3) is 4.09. The summed E-state index contributed by atoms with van der Waals surface area (Å²) in [6, 6.07) is 15.1. The summed E-state index contributed by atoms with van der Waals surface area (Å²) in [7, 11) is 1.57. The number of halogens is 1. The Morgan fingerprint density at radius 2 is 1.85 bits per heavy atom. The van der Waals surface area contributed by atoms with E-state index >= 15 is 0 Å². The molecule has 1 heterocycles. The van der Waals surface area contributed by atoms with E-state index in [9.17, 15) is 4.79 Å². The molecule has 1 aromatic heterocycles. The van der Waals surface area contributed by atoms with Crippen molar-refractivity contribution in [2.24, 2.45) is 0 Å². The molecule has 3 aromatic rings. The molecular formula is C19H19ClN4O2. The third-order valence-corrected chi connectivity index (χ3v) is 4.16. The minimum atomic E-state index is -0.301. The molecule has 0 fully saturated rings. The molecule has 2 aromatic carbocycles. The van der Waals surface area contributed by atoms with E-state index < -0.39 is 0 Å². The lowest BCUT2D eigenvalue weighted by molar-refractivity contribution is 0.0940. The first kappa shape index (κ1) is 18.1. The van der Waals surface area contributed by atoms with E-state index in [1.54, 1.807) is 23.9 Å². The number of aryl methyl sites for hydroxylation is 1. The molecule has 0 aliphatic carbocycles. The van der Waals surface area contributed by atoms with E-state index in [2.05, 4.69) is 15.6 Å². The zero-order valence-electron chi connectivity index (χ0n) is 14.6. The first-order chi connectivity index (χ1) is 12.6. The van der Waals surface area contributed by atoms with Crippen LogP contribution in [0, 0.1) is 6.92 Å². The van der Waals surface area contributed by atoms with Crippen molar-refractivity contribution in [3.8, 4) is 5.69 Å². The average Bonchev–Trinajstić information content (AvgIpc) is 3.06. The first-order valence-electron chi connectivity index (χ1n) is 8.11. The molecule has 0 unspecified atom stereocenters. The van der Waals surface area contributed by atoms with Crippen molar-refractivity contribution in [1.29, 1.82) is 0 Å². The molecule has 0 saturated carbocycles. The van der Waals surface area contributed by atoms with Gasteiger partial charge in [0.15, 0.2) is 5.69 Å². The molecule has 0 saturated heterocycles. The number of aromatic nitrogens is 3. The Labute approximate surface area is 156 Å². The molecule has 0 spiro atoms. The Morgan fingerprint density at radius 1 is 1.15 bits per heavy atom. The fraction of sp³-hybridized carbons (Fsp3) is 0.211. The Hall–Kier alpha value is -2.70. The number of methoxy groups -OCH3 is 1. The van der Waals surface area contributed by atoms with Gasteiger partial charge >= 0.3 is 0 Å². The van der Waals surface area contributed by atoms with Crippen molar-refractivity contribution in [2.45, 2.75) is 20.1 Å². The van der Waals surface area contributed by atoms with Crippen LogP contribution in [0.3, 0.4) is 0 Å². The summed E-state index contributed by atoms with van der Waals surface area (Å²) >= 11 is 5.87. The van der Waals surface area contributed by atoms with Crippen LogP contribution in [0.25, 0.3) is 5.69 Å². The van der Waals surface area contributed by atoms with E-state index in [0.717, 1.165) is 16.8 Å². The Balaban J connectivity index is 1.81. The van der Waals surface area contributed by atoms with Gasteiger partial charge in [-0.05, 0) is 36.8 Å². The lowest BCUT2D eigenvalue weighted by Gasteiger charge is -2.08. The molecule has 26 heavy (non-hydrogen) atoms. The largest absolute Gasteiger partial charge is 0.378 e. The van der Waals surface area contributed by atoms with Crippen LogP contribution in [0.4, 0.5) is 0 Å². The summed E-state index contributed by atoms with van der Waals surface area (Å²) in [6.45, 7) is 2.61. The molecular weight excluding hydrogens is 352 g/mol. The van der Waals surface area contributed by atoms with Gasteiger partial charge in [-0.25, -0.2) is 4.68 Å². The SMILES string of the molecule is COCc1c(C(=O)NCc2ccc(Cl)cc2)nnn1-c1ccc(C)cc1. The van der Waals surface area contributed by atoms with Crippen molar-refractivity contribution >= 4 is 17.5 Å². The number of carbonyl (C=O) groups excluding carboxylic acids is 1. The molecule has 3 rings (SSSR count). The number of ether oxygens (including phenoxy) is 1. The highest BCUT2D eigenvalue weighted by molar-refractivity contribution is 6.30. The van der Waals surface area contributed by atoms with E-state index in [1.165, 1.54) is 0 Å². The van der Waals surface area contributed by atoms with Gasteiger partial charge in [-0.1, -0.05) is 46.6 Å². The van der Waals surface area contributed by atoms with E-state index in [1.807, 2.05) is 43.3 Å². The smallest absolute Gasteiger partial charge is 0.274 e. The third-order valence-electron chi connectivity index (χ3n) is 3.90. The van der Waals surface area contributed by atoms with Crippen LogP contribution in [0.5, 0.6) is 0 Å². The van der Waals surface area contributed by atoms with Gasteiger partial charge in [0.25, 0.3) is 5.91 Å². The zero-order chi connectivity index (χ0) is 18.5. The highest BCUT2D eigenvalue weighted by Gasteiger charge is 2.20. The molecule has 0 aliphatic heterocycles. The van der Waals surface area contributed by atoms with Crippen molar-refractivity contribution in [3.63, 3.8) is 0 Å². The molecule has 7 heteroatoms. The highest BCUT2D eigenvalue weighted by atomic mass is 35.5. The summed E-state index contributed by atoms with van der Waals surface area (Å²) in [5.74, 6) is -0.301. The number of benzene rings is 2. The van der Waals surface area contributed by atoms with Gasteiger partial charge in [0, 0.05) is 18.7 Å². The standard InChI is InChI=1S/C19H19ClN4O2/c1-13-3-9-16(10-4-13)24-17(12-26-2)18(22-23-24)19(25)21-11-14-5-7-15(20)8-6-14/h3-10H,11-12H2,1-2H3,(H,21,25). The Bertz CT molecular complexity index is 889. The van der Waals surface area contributed by atoms with E-state index in [4.69, 9.17) is 16.3 Å². The van der Waals surface area contributed by atoms with E-state index in [-0.39, 0.29) is 18.2 Å². The lowest BCUT2D eigenvalue weighted by atomic mass is 10.2. The topological polar surface area (TPSA) is 69.0 Å². The second kappa shape index (κ2) is 8.12. The molecule has 0 bridgehead atoms. The highest BCUT2D eigenvalue weighted by Crippen LogP contribution is 2.15.